The zero-order chi connectivity index (χ0) is 42.9. The summed E-state index contributed by atoms with van der Waals surface area (Å²) in [6.07, 6.45) is 15.2. The Labute approximate surface area is 380 Å². The molecule has 0 saturated heterocycles. The minimum absolute atomic E-state index is 0.0124. The summed E-state index contributed by atoms with van der Waals surface area (Å²) in [5.74, 6) is -0.503. The Hall–Kier alpha value is -3.52. The van der Waals surface area contributed by atoms with Crippen molar-refractivity contribution in [1.29, 1.82) is 0 Å². The predicted molar refractivity (Wildman–Crippen MR) is 270 cm³/mol. The van der Waals surface area contributed by atoms with Gasteiger partial charge in [-0.1, -0.05) is 0 Å². The van der Waals surface area contributed by atoms with Crippen molar-refractivity contribution in [3.8, 4) is 44.5 Å². The van der Waals surface area contributed by atoms with Gasteiger partial charge < -0.3 is 0 Å². The maximum atomic E-state index is 9.44. The third-order valence-corrected chi connectivity index (χ3v) is 67.4. The van der Waals surface area contributed by atoms with Crippen LogP contribution in [-0.2, 0) is 15.6 Å². The zero-order valence-corrected chi connectivity index (χ0v) is 42.6. The first-order valence-electron chi connectivity index (χ1n) is 23.5. The summed E-state index contributed by atoms with van der Waals surface area (Å²) in [7, 11) is 18.9. The van der Waals surface area contributed by atoms with Crippen molar-refractivity contribution in [2.45, 2.75) is 99.4 Å². The van der Waals surface area contributed by atoms with Crippen LogP contribution in [0.15, 0.2) is 132 Å². The van der Waals surface area contributed by atoms with Gasteiger partial charge in [0.15, 0.2) is 0 Å². The topological polar surface area (TPSA) is 0 Å². The second-order valence-electron chi connectivity index (χ2n) is 20.1. The van der Waals surface area contributed by atoms with Gasteiger partial charge in [-0.3, -0.25) is 0 Å². The number of hydrogen-bond donors (Lipinski definition) is 0. The third-order valence-electron chi connectivity index (χ3n) is 15.7. The van der Waals surface area contributed by atoms with E-state index in [1.807, 2.05) is 0 Å². The van der Waals surface area contributed by atoms with Gasteiger partial charge in [-0.2, -0.15) is 0 Å². The molecule has 0 spiro atoms. The van der Waals surface area contributed by atoms with Crippen LogP contribution < -0.4 is 0 Å². The van der Waals surface area contributed by atoms with E-state index in [4.69, 9.17) is 0 Å². The first kappa shape index (κ1) is 42.4. The van der Waals surface area contributed by atoms with Gasteiger partial charge in [0.25, 0.3) is 0 Å². The van der Waals surface area contributed by atoms with Gasteiger partial charge in [0.05, 0.1) is 0 Å². The molecule has 62 heavy (non-hydrogen) atoms. The van der Waals surface area contributed by atoms with E-state index in [0.29, 0.717) is 11.8 Å². The van der Waals surface area contributed by atoms with Crippen molar-refractivity contribution in [2.24, 2.45) is 11.8 Å². The van der Waals surface area contributed by atoms with E-state index in [1.54, 1.807) is 0 Å². The van der Waals surface area contributed by atoms with E-state index in [0.717, 1.165) is 12.8 Å². The van der Waals surface area contributed by atoms with Crippen LogP contribution in [0, 0.1) is 39.5 Å². The van der Waals surface area contributed by atoms with Gasteiger partial charge in [-0.25, -0.2) is 0 Å². The van der Waals surface area contributed by atoms with E-state index in [-0.39, 0.29) is 7.25 Å². The molecular formula is C58H61Cl2SiZr. The van der Waals surface area contributed by atoms with E-state index in [1.165, 1.54) is 139 Å². The molecule has 0 aliphatic heterocycles. The Balaban J connectivity index is 1.29. The first-order valence-corrected chi connectivity index (χ1v) is 39.8. The van der Waals surface area contributed by atoms with Crippen molar-refractivity contribution in [2.75, 3.05) is 0 Å². The average Bonchev–Trinajstić information content (AvgIpc) is 3.82. The molecule has 0 bridgehead atoms. The van der Waals surface area contributed by atoms with E-state index < -0.39 is 21.5 Å². The molecule has 6 aromatic carbocycles. The van der Waals surface area contributed by atoms with E-state index in [9.17, 15) is 17.0 Å². The number of rotatable bonds is 11. The summed E-state index contributed by atoms with van der Waals surface area (Å²) >= 11 is -5.32. The van der Waals surface area contributed by atoms with Gasteiger partial charge in [0.1, 0.15) is 0 Å². The molecule has 4 heteroatoms. The molecule has 4 aliphatic rings. The number of allylic oxidation sites excluding steroid dienone is 2. The van der Waals surface area contributed by atoms with Gasteiger partial charge >= 0.3 is 383 Å². The third kappa shape index (κ3) is 7.28. The molecule has 315 valence electrons. The number of fused-ring (bicyclic) bond motifs is 2. The summed E-state index contributed by atoms with van der Waals surface area (Å²) in [5.41, 5.74) is 24.0. The van der Waals surface area contributed by atoms with Crippen LogP contribution in [0.1, 0.15) is 103 Å². The number of benzene rings is 6. The van der Waals surface area contributed by atoms with Crippen LogP contribution in [0.3, 0.4) is 0 Å². The molecule has 2 atom stereocenters. The molecule has 0 radical (unpaired) electrons. The Morgan fingerprint density at radius 3 is 1.00 bits per heavy atom. The predicted octanol–water partition coefficient (Wildman–Crippen LogP) is 17.5. The number of aryl methyl sites for hydroxylation is 4. The fraction of sp³-hybridized carbons (Fsp3) is 0.310. The molecule has 0 aromatic heterocycles. The molecule has 2 fully saturated rings. The Morgan fingerprint density at radius 1 is 0.435 bits per heavy atom. The second-order valence-corrected chi connectivity index (χ2v) is 62.6. The van der Waals surface area contributed by atoms with Gasteiger partial charge in [-0.15, -0.1) is 0 Å². The van der Waals surface area contributed by atoms with Gasteiger partial charge in [0, 0.05) is 0 Å². The molecule has 0 nitrogen and oxygen atoms in total. The summed E-state index contributed by atoms with van der Waals surface area (Å²) < 4.78 is 0.0248. The van der Waals surface area contributed by atoms with Crippen LogP contribution in [0.5, 0.6) is 0 Å². The maximum absolute atomic E-state index is 9.44. The Bertz CT molecular complexity index is 2550. The molecule has 6 aromatic rings. The molecule has 4 aliphatic carbocycles. The van der Waals surface area contributed by atoms with Crippen LogP contribution in [0.2, 0.25) is 13.1 Å². The molecule has 0 N–H and O–H groups in total. The summed E-state index contributed by atoms with van der Waals surface area (Å²) in [6, 6.07) is 46.5. The summed E-state index contributed by atoms with van der Waals surface area (Å²) in [5, 5.41) is 0. The fourth-order valence-electron chi connectivity index (χ4n) is 11.6. The minimum atomic E-state index is -5.32. The van der Waals surface area contributed by atoms with E-state index in [2.05, 4.69) is 174 Å². The fourth-order valence-corrected chi connectivity index (χ4v) is 42.7. The summed E-state index contributed by atoms with van der Waals surface area (Å²) in [6.45, 7) is 13.9. The summed E-state index contributed by atoms with van der Waals surface area (Å²) in [4.78, 5) is 0. The van der Waals surface area contributed by atoms with Gasteiger partial charge in [-0.05, 0) is 0 Å². The van der Waals surface area contributed by atoms with Crippen LogP contribution in [0.4, 0.5) is 0 Å². The van der Waals surface area contributed by atoms with Crippen LogP contribution >= 0.6 is 17.0 Å². The monoisotopic (exact) mass is 945 g/mol. The molecule has 2 unspecified atom stereocenters. The quantitative estimate of drug-likeness (QED) is 0.114. The van der Waals surface area contributed by atoms with Crippen molar-refractivity contribution in [3.05, 3.63) is 177 Å². The first-order chi connectivity index (χ1) is 29.9. The molecular weight excluding hydrogens is 887 g/mol. The van der Waals surface area contributed by atoms with Crippen molar-refractivity contribution in [1.82, 2.24) is 0 Å². The van der Waals surface area contributed by atoms with Crippen LogP contribution in [-0.4, -0.2) is 5.92 Å². The number of halogens is 2. The van der Waals surface area contributed by atoms with Crippen molar-refractivity contribution < 1.29 is 15.6 Å². The molecule has 10 rings (SSSR count). The standard InChI is InChI=1S/2C28H27.C2H7Si.2ClH.Zr/c2*1-19-6-10-23(11-7-19)25-14-15-26(24-12-8-20(2)9-13-24)28-18-22(17-27(25)28)16-21-4-3-5-21;1-3-2;;;/h2*6-15,17-18,21H,3-5,16H2,1-2H3;3H,1-2H3;2*1H;/q;;;;;+2/p-2. The molecule has 2 saturated carbocycles. The normalized spacial score (nSPS) is 19.3. The van der Waals surface area contributed by atoms with E-state index >= 15 is 0 Å². The Morgan fingerprint density at radius 2 is 0.726 bits per heavy atom. The molecule has 0 heterocycles. The van der Waals surface area contributed by atoms with Crippen molar-refractivity contribution >= 4 is 35.1 Å². The molecule has 0 amide bonds. The van der Waals surface area contributed by atoms with Gasteiger partial charge in [0.2, 0.25) is 0 Å². The number of hydrogen-bond acceptors (Lipinski definition) is 0. The average molecular weight is 948 g/mol. The Kier molecular flexibility index (Phi) is 11.3. The zero-order valence-electron chi connectivity index (χ0n) is 37.5. The van der Waals surface area contributed by atoms with Crippen LogP contribution in [0.25, 0.3) is 56.7 Å². The van der Waals surface area contributed by atoms with Crippen molar-refractivity contribution in [3.63, 3.8) is 0 Å². The second kappa shape index (κ2) is 16.5. The SMILES string of the molecule is Cc1ccc(-c2ccc(-c3ccc(C)cc3)c3c2C=C(CC2CCC2)[CH]3[Zr]([Cl])([Cl])([CH]2C(CC3CCC3)=Cc3c(-c4ccc(C)cc4)ccc(-c4ccc(C)cc4)c32)[SiH](C)C)cc1.